The predicted octanol–water partition coefficient (Wildman–Crippen LogP) is 1.66. The van der Waals surface area contributed by atoms with E-state index in [0.29, 0.717) is 12.0 Å². The lowest BCUT2D eigenvalue weighted by Crippen LogP contribution is -2.33. The van der Waals surface area contributed by atoms with Crippen molar-refractivity contribution in [2.24, 2.45) is 7.05 Å². The van der Waals surface area contributed by atoms with Gasteiger partial charge in [0.25, 0.3) is 5.91 Å². The van der Waals surface area contributed by atoms with Gasteiger partial charge in [-0.3, -0.25) is 9.48 Å². The van der Waals surface area contributed by atoms with E-state index in [0.717, 1.165) is 11.4 Å². The molecule has 6 nitrogen and oxygen atoms in total. The second-order valence-corrected chi connectivity index (χ2v) is 5.00. The number of amides is 1. The SMILES string of the molecule is CC(CCO)NC(=O)c1cccc(Nc2cnn(C)c2)c1. The Kier molecular flexibility index (Phi) is 4.94. The summed E-state index contributed by atoms with van der Waals surface area (Å²) in [7, 11) is 1.84. The Balaban J connectivity index is 2.05. The lowest BCUT2D eigenvalue weighted by atomic mass is 10.1. The van der Waals surface area contributed by atoms with E-state index in [-0.39, 0.29) is 18.6 Å². The van der Waals surface area contributed by atoms with Crippen LogP contribution in [0.2, 0.25) is 0 Å². The molecule has 1 aromatic carbocycles. The van der Waals surface area contributed by atoms with Gasteiger partial charge < -0.3 is 15.7 Å². The summed E-state index contributed by atoms with van der Waals surface area (Å²) in [6.45, 7) is 1.93. The minimum Gasteiger partial charge on any atom is -0.396 e. The first-order valence-corrected chi connectivity index (χ1v) is 6.86. The quantitative estimate of drug-likeness (QED) is 0.755. The molecule has 2 aromatic rings. The number of carbonyl (C=O) groups excluding carboxylic acids is 1. The van der Waals surface area contributed by atoms with Gasteiger partial charge in [-0.25, -0.2) is 0 Å². The van der Waals surface area contributed by atoms with E-state index in [4.69, 9.17) is 5.11 Å². The molecule has 21 heavy (non-hydrogen) atoms. The molecule has 0 radical (unpaired) electrons. The molecular weight excluding hydrogens is 268 g/mol. The average molecular weight is 288 g/mol. The second kappa shape index (κ2) is 6.90. The molecule has 1 amide bonds. The molecule has 6 heteroatoms. The zero-order valence-electron chi connectivity index (χ0n) is 12.2. The molecule has 0 fully saturated rings. The molecule has 1 aromatic heterocycles. The van der Waals surface area contributed by atoms with Crippen LogP contribution in [0.3, 0.4) is 0 Å². The molecule has 2 rings (SSSR count). The van der Waals surface area contributed by atoms with Crippen LogP contribution in [0.1, 0.15) is 23.7 Å². The first-order valence-electron chi connectivity index (χ1n) is 6.86. The molecule has 0 aliphatic heterocycles. The summed E-state index contributed by atoms with van der Waals surface area (Å²) in [5.41, 5.74) is 2.27. The van der Waals surface area contributed by atoms with E-state index in [9.17, 15) is 4.79 Å². The van der Waals surface area contributed by atoms with Crippen LogP contribution in [0.4, 0.5) is 11.4 Å². The van der Waals surface area contributed by atoms with Gasteiger partial charge in [0.15, 0.2) is 0 Å². The summed E-state index contributed by atoms with van der Waals surface area (Å²) in [6, 6.07) is 7.20. The van der Waals surface area contributed by atoms with Gasteiger partial charge in [-0.1, -0.05) is 6.07 Å². The third-order valence-electron chi connectivity index (χ3n) is 3.06. The zero-order chi connectivity index (χ0) is 15.2. The van der Waals surface area contributed by atoms with E-state index in [1.165, 1.54) is 0 Å². The number of aliphatic hydroxyl groups excluding tert-OH is 1. The molecular formula is C15H20N4O2. The predicted molar refractivity (Wildman–Crippen MR) is 81.6 cm³/mol. The highest BCUT2D eigenvalue weighted by Gasteiger charge is 2.10. The molecule has 3 N–H and O–H groups in total. The van der Waals surface area contributed by atoms with Crippen LogP contribution in [0.25, 0.3) is 0 Å². The maximum Gasteiger partial charge on any atom is 0.251 e. The van der Waals surface area contributed by atoms with Crippen molar-refractivity contribution in [1.82, 2.24) is 15.1 Å². The van der Waals surface area contributed by atoms with Crippen molar-refractivity contribution >= 4 is 17.3 Å². The van der Waals surface area contributed by atoms with E-state index in [2.05, 4.69) is 15.7 Å². The van der Waals surface area contributed by atoms with Crippen molar-refractivity contribution < 1.29 is 9.90 Å². The summed E-state index contributed by atoms with van der Waals surface area (Å²) >= 11 is 0. The van der Waals surface area contributed by atoms with Crippen LogP contribution in [0, 0.1) is 0 Å². The van der Waals surface area contributed by atoms with Gasteiger partial charge >= 0.3 is 0 Å². The fourth-order valence-electron chi connectivity index (χ4n) is 1.96. The number of carbonyl (C=O) groups is 1. The molecule has 0 saturated heterocycles. The Hall–Kier alpha value is -2.34. The van der Waals surface area contributed by atoms with E-state index in [1.807, 2.05) is 32.3 Å². The summed E-state index contributed by atoms with van der Waals surface area (Å²) in [5.74, 6) is -0.147. The molecule has 0 aliphatic carbocycles. The molecule has 0 spiro atoms. The number of nitrogens with one attached hydrogen (secondary N) is 2. The van der Waals surface area contributed by atoms with Crippen LogP contribution in [0.15, 0.2) is 36.7 Å². The number of anilines is 2. The Morgan fingerprint density at radius 2 is 2.24 bits per heavy atom. The van der Waals surface area contributed by atoms with Gasteiger partial charge in [-0.05, 0) is 31.5 Å². The monoisotopic (exact) mass is 288 g/mol. The zero-order valence-corrected chi connectivity index (χ0v) is 12.2. The first kappa shape index (κ1) is 15.1. The Labute approximate surface area is 123 Å². The van der Waals surface area contributed by atoms with Crippen molar-refractivity contribution in [1.29, 1.82) is 0 Å². The molecule has 1 atom stereocenters. The van der Waals surface area contributed by atoms with Gasteiger partial charge in [0.1, 0.15) is 0 Å². The van der Waals surface area contributed by atoms with Crippen LogP contribution >= 0.6 is 0 Å². The van der Waals surface area contributed by atoms with Crippen molar-refractivity contribution in [2.45, 2.75) is 19.4 Å². The van der Waals surface area contributed by atoms with E-state index >= 15 is 0 Å². The Morgan fingerprint density at radius 1 is 1.43 bits per heavy atom. The smallest absolute Gasteiger partial charge is 0.251 e. The van der Waals surface area contributed by atoms with Gasteiger partial charge in [0.2, 0.25) is 0 Å². The third-order valence-corrected chi connectivity index (χ3v) is 3.06. The number of nitrogens with zero attached hydrogens (tertiary/aromatic N) is 2. The van der Waals surface area contributed by atoms with Crippen molar-refractivity contribution in [3.63, 3.8) is 0 Å². The number of benzene rings is 1. The summed E-state index contributed by atoms with van der Waals surface area (Å²) in [6.07, 6.45) is 4.12. The maximum atomic E-state index is 12.1. The molecule has 1 unspecified atom stereocenters. The number of rotatable bonds is 6. The summed E-state index contributed by atoms with van der Waals surface area (Å²) < 4.78 is 1.70. The highest BCUT2D eigenvalue weighted by Crippen LogP contribution is 2.17. The normalized spacial score (nSPS) is 12.0. The highest BCUT2D eigenvalue weighted by atomic mass is 16.3. The number of aliphatic hydroxyl groups is 1. The number of aromatic nitrogens is 2. The molecule has 0 saturated carbocycles. The summed E-state index contributed by atoms with van der Waals surface area (Å²) in [4.78, 5) is 12.1. The molecule has 0 aliphatic rings. The molecule has 0 bridgehead atoms. The largest absolute Gasteiger partial charge is 0.396 e. The third kappa shape index (κ3) is 4.32. The van der Waals surface area contributed by atoms with E-state index in [1.54, 1.807) is 23.0 Å². The van der Waals surface area contributed by atoms with Crippen LogP contribution in [-0.2, 0) is 7.05 Å². The number of hydrogen-bond donors (Lipinski definition) is 3. The van der Waals surface area contributed by atoms with Gasteiger partial charge in [-0.2, -0.15) is 5.10 Å². The number of hydrogen-bond acceptors (Lipinski definition) is 4. The lowest BCUT2D eigenvalue weighted by Gasteiger charge is -2.13. The Bertz CT molecular complexity index is 609. The van der Waals surface area contributed by atoms with Crippen LogP contribution in [0.5, 0.6) is 0 Å². The van der Waals surface area contributed by atoms with E-state index < -0.39 is 0 Å². The average Bonchev–Trinajstić information content (AvgIpc) is 2.84. The first-order chi connectivity index (χ1) is 10.1. The van der Waals surface area contributed by atoms with Crippen LogP contribution < -0.4 is 10.6 Å². The standard InChI is InChI=1S/C15H20N4O2/c1-11(6-7-20)17-15(21)12-4-3-5-13(8-12)18-14-9-16-19(2)10-14/h3-5,8-11,18,20H,6-7H2,1-2H3,(H,17,21). The molecule has 112 valence electrons. The fraction of sp³-hybridized carbons (Fsp3) is 0.333. The Morgan fingerprint density at radius 3 is 2.90 bits per heavy atom. The van der Waals surface area contributed by atoms with Crippen molar-refractivity contribution in [3.05, 3.63) is 42.2 Å². The minimum atomic E-state index is -0.147. The van der Waals surface area contributed by atoms with Gasteiger partial charge in [0.05, 0.1) is 11.9 Å². The highest BCUT2D eigenvalue weighted by molar-refractivity contribution is 5.95. The minimum absolute atomic E-state index is 0.0579. The maximum absolute atomic E-state index is 12.1. The fourth-order valence-corrected chi connectivity index (χ4v) is 1.96. The van der Waals surface area contributed by atoms with Gasteiger partial charge in [-0.15, -0.1) is 0 Å². The second-order valence-electron chi connectivity index (χ2n) is 5.00. The number of aryl methyl sites for hydroxylation is 1. The summed E-state index contributed by atoms with van der Waals surface area (Å²) in [5, 5.41) is 19.0. The van der Waals surface area contributed by atoms with Crippen molar-refractivity contribution in [3.8, 4) is 0 Å². The lowest BCUT2D eigenvalue weighted by molar-refractivity contribution is 0.0934. The topological polar surface area (TPSA) is 79.2 Å². The van der Waals surface area contributed by atoms with Gasteiger partial charge in [0, 0.05) is 37.1 Å². The van der Waals surface area contributed by atoms with Crippen LogP contribution in [-0.4, -0.2) is 33.4 Å². The van der Waals surface area contributed by atoms with Crippen molar-refractivity contribution in [2.75, 3.05) is 11.9 Å². The molecule has 1 heterocycles.